The quantitative estimate of drug-likeness (QED) is 0.799. The molecule has 0 radical (unpaired) electrons. The van der Waals surface area contributed by atoms with Crippen molar-refractivity contribution in [2.45, 2.75) is 18.7 Å². The average molecular weight is 296 g/mol. The fourth-order valence-corrected chi connectivity index (χ4v) is 1.74. The van der Waals surface area contributed by atoms with Crippen LogP contribution in [0, 0.1) is 11.3 Å². The Bertz CT molecular complexity index is 404. The second-order valence-electron chi connectivity index (χ2n) is 2.73. The number of halogens is 4. The Balaban J connectivity index is 3.28. The lowest BCUT2D eigenvalue weighted by Gasteiger charge is -2.08. The minimum atomic E-state index is -2.61. The Morgan fingerprint density at radius 2 is 2.27 bits per heavy atom. The Labute approximate surface area is 99.0 Å². The molecule has 0 saturated carbocycles. The molecule has 0 atom stereocenters. The van der Waals surface area contributed by atoms with Gasteiger partial charge in [0.1, 0.15) is 0 Å². The van der Waals surface area contributed by atoms with E-state index in [4.69, 9.17) is 16.9 Å². The number of nitrogens with zero attached hydrogens (tertiary/aromatic N) is 2. The maximum absolute atomic E-state index is 12.6. The van der Waals surface area contributed by atoms with Crippen molar-refractivity contribution in [3.05, 3.63) is 27.5 Å². The van der Waals surface area contributed by atoms with Gasteiger partial charge in [-0.05, 0) is 22.0 Å². The number of hydrogen-bond donors (Lipinski definition) is 0. The molecule has 0 N–H and O–H groups in total. The van der Waals surface area contributed by atoms with Crippen molar-refractivity contribution >= 4 is 27.5 Å². The lowest BCUT2D eigenvalue weighted by atomic mass is 10.1. The van der Waals surface area contributed by atoms with Crippen molar-refractivity contribution in [2.75, 3.05) is 0 Å². The molecule has 0 unspecified atom stereocenters. The summed E-state index contributed by atoms with van der Waals surface area (Å²) in [5.41, 5.74) is 0.470. The first kappa shape index (κ1) is 12.3. The third-order valence-electron chi connectivity index (χ3n) is 1.73. The maximum Gasteiger partial charge on any atom is 0.265 e. The summed E-state index contributed by atoms with van der Waals surface area (Å²) in [4.78, 5) is 3.99. The summed E-state index contributed by atoms with van der Waals surface area (Å²) in [7, 11) is 0. The van der Waals surface area contributed by atoms with E-state index >= 15 is 0 Å². The van der Waals surface area contributed by atoms with Crippen molar-refractivity contribution in [1.82, 2.24) is 4.98 Å². The van der Waals surface area contributed by atoms with Gasteiger partial charge in [0, 0.05) is 10.0 Å². The van der Waals surface area contributed by atoms with Crippen LogP contribution >= 0.6 is 27.5 Å². The third kappa shape index (κ3) is 2.86. The summed E-state index contributed by atoms with van der Waals surface area (Å²) in [5, 5.41) is 8.51. The number of nitriles is 1. The summed E-state index contributed by atoms with van der Waals surface area (Å²) in [6, 6.07) is 3.10. The molecule has 0 fully saturated rings. The van der Waals surface area contributed by atoms with Gasteiger partial charge in [-0.15, -0.1) is 11.6 Å². The molecule has 1 aromatic heterocycles. The van der Waals surface area contributed by atoms with Crippen LogP contribution < -0.4 is 0 Å². The van der Waals surface area contributed by atoms with Crippen LogP contribution in [0.25, 0.3) is 0 Å². The van der Waals surface area contributed by atoms with Crippen LogP contribution in [0.1, 0.15) is 23.4 Å². The van der Waals surface area contributed by atoms with Crippen molar-refractivity contribution in [3.8, 4) is 6.07 Å². The van der Waals surface area contributed by atoms with E-state index in [0.717, 1.165) is 0 Å². The molecule has 1 heterocycles. The van der Waals surface area contributed by atoms with Gasteiger partial charge in [-0.1, -0.05) is 0 Å². The predicted octanol–water partition coefficient (Wildman–Crippen LogP) is 3.59. The SMILES string of the molecule is N#CCc1nc(CCl)cc(C(F)F)c1Br. The maximum atomic E-state index is 12.6. The monoisotopic (exact) mass is 294 g/mol. The van der Waals surface area contributed by atoms with Crippen LogP contribution in [0.2, 0.25) is 0 Å². The lowest BCUT2D eigenvalue weighted by Crippen LogP contribution is -2.00. The standard InChI is InChI=1S/C9H6BrClF2N2/c10-8-6(9(12)13)3-5(4-11)15-7(8)1-2-14/h3,9H,1,4H2. The fraction of sp³-hybridized carbons (Fsp3) is 0.333. The number of rotatable bonds is 3. The van der Waals surface area contributed by atoms with Crippen LogP contribution in [-0.4, -0.2) is 4.98 Å². The molecular formula is C9H6BrClF2N2. The predicted molar refractivity (Wildman–Crippen MR) is 55.8 cm³/mol. The molecule has 1 aromatic rings. The Hall–Kier alpha value is -0.730. The Morgan fingerprint density at radius 3 is 2.73 bits per heavy atom. The second kappa shape index (κ2) is 5.38. The van der Waals surface area contributed by atoms with Gasteiger partial charge in [0.05, 0.1) is 29.8 Å². The third-order valence-corrected chi connectivity index (χ3v) is 2.92. The van der Waals surface area contributed by atoms with Crippen molar-refractivity contribution < 1.29 is 8.78 Å². The fourth-order valence-electron chi connectivity index (χ4n) is 1.08. The smallest absolute Gasteiger partial charge is 0.254 e. The summed E-state index contributed by atoms with van der Waals surface area (Å²) in [6.07, 6.45) is -2.63. The number of aromatic nitrogens is 1. The van der Waals surface area contributed by atoms with Crippen LogP contribution in [0.3, 0.4) is 0 Å². The van der Waals surface area contributed by atoms with E-state index < -0.39 is 6.43 Å². The summed E-state index contributed by atoms with van der Waals surface area (Å²) in [5.74, 6) is 0.0471. The normalized spacial score (nSPS) is 10.4. The zero-order valence-corrected chi connectivity index (χ0v) is 9.82. The van der Waals surface area contributed by atoms with Crippen molar-refractivity contribution in [1.29, 1.82) is 5.26 Å². The van der Waals surface area contributed by atoms with Gasteiger partial charge >= 0.3 is 0 Å². The van der Waals surface area contributed by atoms with E-state index in [2.05, 4.69) is 20.9 Å². The zero-order chi connectivity index (χ0) is 11.4. The minimum Gasteiger partial charge on any atom is -0.254 e. The number of hydrogen-bond acceptors (Lipinski definition) is 2. The highest BCUT2D eigenvalue weighted by Gasteiger charge is 2.17. The highest BCUT2D eigenvalue weighted by Crippen LogP contribution is 2.30. The van der Waals surface area contributed by atoms with Crippen LogP contribution in [0.15, 0.2) is 10.5 Å². The lowest BCUT2D eigenvalue weighted by molar-refractivity contribution is 0.150. The molecule has 0 spiro atoms. The van der Waals surface area contributed by atoms with E-state index in [0.29, 0.717) is 11.4 Å². The van der Waals surface area contributed by atoms with E-state index in [1.54, 1.807) is 0 Å². The summed E-state index contributed by atoms with van der Waals surface area (Å²) < 4.78 is 25.3. The Morgan fingerprint density at radius 1 is 1.60 bits per heavy atom. The molecule has 0 aromatic carbocycles. The molecule has 0 saturated heterocycles. The molecule has 0 bridgehead atoms. The van der Waals surface area contributed by atoms with E-state index in [9.17, 15) is 8.78 Å². The Kier molecular flexibility index (Phi) is 4.43. The molecule has 6 heteroatoms. The zero-order valence-electron chi connectivity index (χ0n) is 7.48. The molecular weight excluding hydrogens is 289 g/mol. The van der Waals surface area contributed by atoms with Crippen molar-refractivity contribution in [3.63, 3.8) is 0 Å². The molecule has 0 aliphatic carbocycles. The van der Waals surface area contributed by atoms with Gasteiger partial charge in [-0.2, -0.15) is 5.26 Å². The van der Waals surface area contributed by atoms with Gasteiger partial charge in [0.15, 0.2) is 0 Å². The van der Waals surface area contributed by atoms with Gasteiger partial charge < -0.3 is 0 Å². The molecule has 0 aliphatic rings. The largest absolute Gasteiger partial charge is 0.265 e. The molecule has 0 amide bonds. The van der Waals surface area contributed by atoms with Crippen LogP contribution in [0.5, 0.6) is 0 Å². The molecule has 15 heavy (non-hydrogen) atoms. The first-order valence-electron chi connectivity index (χ1n) is 3.99. The van der Waals surface area contributed by atoms with E-state index in [-0.39, 0.29) is 22.3 Å². The highest BCUT2D eigenvalue weighted by atomic mass is 79.9. The summed E-state index contributed by atoms with van der Waals surface area (Å²) in [6.45, 7) is 0. The molecule has 2 nitrogen and oxygen atoms in total. The number of pyridine rings is 1. The summed E-state index contributed by atoms with van der Waals surface area (Å²) >= 11 is 8.53. The van der Waals surface area contributed by atoms with E-state index in [1.807, 2.05) is 6.07 Å². The molecule has 1 rings (SSSR count). The highest BCUT2D eigenvalue weighted by molar-refractivity contribution is 9.10. The first-order valence-corrected chi connectivity index (χ1v) is 5.32. The minimum absolute atomic E-state index is 0.0228. The van der Waals surface area contributed by atoms with E-state index in [1.165, 1.54) is 6.07 Å². The van der Waals surface area contributed by atoms with Gasteiger partial charge in [0.2, 0.25) is 0 Å². The molecule has 0 aliphatic heterocycles. The first-order chi connectivity index (χ1) is 7.10. The van der Waals surface area contributed by atoms with Gasteiger partial charge in [-0.25, -0.2) is 8.78 Å². The van der Waals surface area contributed by atoms with Gasteiger partial charge in [-0.3, -0.25) is 4.98 Å². The molecule has 80 valence electrons. The topological polar surface area (TPSA) is 36.7 Å². The number of alkyl halides is 3. The van der Waals surface area contributed by atoms with Crippen molar-refractivity contribution in [2.24, 2.45) is 0 Å². The van der Waals surface area contributed by atoms with Crippen LogP contribution in [0.4, 0.5) is 8.78 Å². The van der Waals surface area contributed by atoms with Crippen LogP contribution in [-0.2, 0) is 12.3 Å². The second-order valence-corrected chi connectivity index (χ2v) is 3.79. The van der Waals surface area contributed by atoms with Gasteiger partial charge in [0.25, 0.3) is 6.43 Å². The average Bonchev–Trinajstić information content (AvgIpc) is 2.21.